The number of carbonyl (C=O) groups is 1. The van der Waals surface area contributed by atoms with Gasteiger partial charge in [0.05, 0.1) is 29.6 Å². The predicted molar refractivity (Wildman–Crippen MR) is 141 cm³/mol. The lowest BCUT2D eigenvalue weighted by Gasteiger charge is -2.48. The molecule has 1 saturated heterocycles. The highest BCUT2D eigenvalue weighted by molar-refractivity contribution is 5.77. The summed E-state index contributed by atoms with van der Waals surface area (Å²) in [5, 5.41) is 13.3. The Labute approximate surface area is 226 Å². The van der Waals surface area contributed by atoms with Gasteiger partial charge in [0, 0.05) is 51.9 Å². The van der Waals surface area contributed by atoms with Crippen LogP contribution in [0.5, 0.6) is 0 Å². The highest BCUT2D eigenvalue weighted by Gasteiger charge is 2.44. The van der Waals surface area contributed by atoms with Gasteiger partial charge in [0.25, 0.3) is 0 Å². The van der Waals surface area contributed by atoms with Crippen LogP contribution in [-0.2, 0) is 4.79 Å². The molecule has 4 N–H and O–H groups in total. The summed E-state index contributed by atoms with van der Waals surface area (Å²) in [6, 6.07) is 7.54. The van der Waals surface area contributed by atoms with E-state index in [1.54, 1.807) is 18.2 Å². The van der Waals surface area contributed by atoms with E-state index in [-0.39, 0.29) is 31.5 Å². The minimum absolute atomic E-state index is 0.0788. The first-order valence-corrected chi connectivity index (χ1v) is 13.2. The van der Waals surface area contributed by atoms with Crippen molar-refractivity contribution in [1.29, 1.82) is 0 Å². The number of hydrazine groups is 1. The summed E-state index contributed by atoms with van der Waals surface area (Å²) in [6.07, 6.45) is 7.83. The summed E-state index contributed by atoms with van der Waals surface area (Å²) >= 11 is 0. The first-order chi connectivity index (χ1) is 18.5. The maximum Gasteiger partial charge on any atom is 0.396 e. The van der Waals surface area contributed by atoms with Gasteiger partial charge in [0.15, 0.2) is 0 Å². The normalized spacial score (nSPS) is 25.2. The monoisotopic (exact) mass is 544 g/mol. The van der Waals surface area contributed by atoms with Crippen molar-refractivity contribution in [3.05, 3.63) is 84.0 Å². The standard InChI is InChI=1S/C28H35F3N6O2/c1-34-18-24-23(33-34)17-35(20-37(24)27(32)10-6-3-7-11-27)19-26(39)12-14-36(15-13-26)25(38)16-22(28(29,30)31)21-8-4-2-5-9-21/h2-10,17-18,22,33,39H,11-16,19-20,32H2,1H3/t22-,27+/m1/s1. The molecule has 3 aliphatic heterocycles. The molecule has 1 amide bonds. The Morgan fingerprint density at radius 3 is 2.51 bits per heavy atom. The predicted octanol–water partition coefficient (Wildman–Crippen LogP) is 2.96. The zero-order valence-corrected chi connectivity index (χ0v) is 21.9. The number of β-amino-alcohol motifs (C(OH)–C–C–N with tert-alkyl or cyclic N) is 1. The van der Waals surface area contributed by atoms with Gasteiger partial charge < -0.3 is 25.5 Å². The largest absolute Gasteiger partial charge is 0.396 e. The fourth-order valence-electron chi connectivity index (χ4n) is 5.72. The van der Waals surface area contributed by atoms with Crippen LogP contribution < -0.4 is 11.2 Å². The van der Waals surface area contributed by atoms with Gasteiger partial charge in [0.2, 0.25) is 5.91 Å². The fourth-order valence-corrected chi connectivity index (χ4v) is 5.72. The zero-order chi connectivity index (χ0) is 27.8. The number of nitrogens with one attached hydrogen (secondary N) is 1. The molecule has 210 valence electrons. The number of nitrogens with zero attached hydrogens (tertiary/aromatic N) is 4. The number of rotatable bonds is 6. The lowest BCUT2D eigenvalue weighted by molar-refractivity contribution is -0.162. The van der Waals surface area contributed by atoms with Crippen LogP contribution >= 0.6 is 0 Å². The van der Waals surface area contributed by atoms with Gasteiger partial charge >= 0.3 is 6.18 Å². The van der Waals surface area contributed by atoms with E-state index in [1.807, 2.05) is 53.7 Å². The summed E-state index contributed by atoms with van der Waals surface area (Å²) in [5.74, 6) is -2.41. The molecule has 5 rings (SSSR count). The van der Waals surface area contributed by atoms with Crippen LogP contribution in [0, 0.1) is 0 Å². The van der Waals surface area contributed by atoms with Gasteiger partial charge in [-0.15, -0.1) is 0 Å². The van der Waals surface area contributed by atoms with Crippen molar-refractivity contribution in [3.8, 4) is 0 Å². The van der Waals surface area contributed by atoms with Crippen molar-refractivity contribution >= 4 is 5.91 Å². The number of aliphatic hydroxyl groups is 1. The molecular formula is C28H35F3N6O2. The van der Waals surface area contributed by atoms with E-state index in [2.05, 4.69) is 10.3 Å². The summed E-state index contributed by atoms with van der Waals surface area (Å²) in [4.78, 5) is 18.5. The molecule has 0 unspecified atom stereocenters. The molecule has 0 saturated carbocycles. The molecule has 1 aromatic rings. The van der Waals surface area contributed by atoms with Crippen molar-refractivity contribution in [2.24, 2.45) is 5.73 Å². The van der Waals surface area contributed by atoms with Crippen LogP contribution in [0.3, 0.4) is 0 Å². The van der Waals surface area contributed by atoms with Gasteiger partial charge in [-0.1, -0.05) is 48.6 Å². The third-order valence-corrected chi connectivity index (χ3v) is 7.91. The van der Waals surface area contributed by atoms with Crippen molar-refractivity contribution in [3.63, 3.8) is 0 Å². The molecule has 39 heavy (non-hydrogen) atoms. The molecule has 2 atom stereocenters. The van der Waals surface area contributed by atoms with Gasteiger partial charge in [-0.25, -0.2) is 0 Å². The van der Waals surface area contributed by atoms with E-state index < -0.39 is 35.7 Å². The van der Waals surface area contributed by atoms with E-state index in [4.69, 9.17) is 5.73 Å². The van der Waals surface area contributed by atoms with E-state index in [9.17, 15) is 23.1 Å². The number of allylic oxidation sites excluding steroid dienone is 2. The van der Waals surface area contributed by atoms with Crippen molar-refractivity contribution in [2.75, 3.05) is 33.4 Å². The van der Waals surface area contributed by atoms with Crippen LogP contribution in [0.1, 0.15) is 37.2 Å². The molecular weight excluding hydrogens is 509 g/mol. The molecule has 11 heteroatoms. The van der Waals surface area contributed by atoms with Gasteiger partial charge in [-0.3, -0.25) is 15.2 Å². The number of piperidine rings is 1. The molecule has 1 fully saturated rings. The lowest BCUT2D eigenvalue weighted by Crippen LogP contribution is -2.60. The third kappa shape index (κ3) is 5.79. The van der Waals surface area contributed by atoms with Crippen LogP contribution in [0.15, 0.2) is 78.4 Å². The lowest BCUT2D eigenvalue weighted by atomic mass is 9.89. The van der Waals surface area contributed by atoms with E-state index in [0.717, 1.165) is 11.4 Å². The highest BCUT2D eigenvalue weighted by Crippen LogP contribution is 2.39. The average molecular weight is 545 g/mol. The second-order valence-corrected chi connectivity index (χ2v) is 10.9. The maximum atomic E-state index is 13.8. The molecule has 8 nitrogen and oxygen atoms in total. The quantitative estimate of drug-likeness (QED) is 0.508. The van der Waals surface area contributed by atoms with Crippen LogP contribution in [0.2, 0.25) is 0 Å². The van der Waals surface area contributed by atoms with E-state index in [0.29, 0.717) is 19.6 Å². The topological polar surface area (TPSA) is 88.3 Å². The summed E-state index contributed by atoms with van der Waals surface area (Å²) in [7, 11) is 1.90. The molecule has 0 radical (unpaired) electrons. The second-order valence-electron chi connectivity index (χ2n) is 10.9. The molecule has 3 heterocycles. The first-order valence-electron chi connectivity index (χ1n) is 13.2. The molecule has 4 aliphatic rings. The SMILES string of the molecule is CN1C=C2C(=CN(CC3(O)CCN(C(=O)C[C@H](c4ccccc4)C(F)(F)F)CC3)CN2[C@@]2(N)C=CC=CC2)N1. The summed E-state index contributed by atoms with van der Waals surface area (Å²) < 4.78 is 41.3. The molecule has 0 aromatic heterocycles. The summed E-state index contributed by atoms with van der Waals surface area (Å²) in [6.45, 7) is 1.15. The number of fused-ring (bicyclic) bond motifs is 1. The minimum atomic E-state index is -4.53. The highest BCUT2D eigenvalue weighted by atomic mass is 19.4. The average Bonchev–Trinajstić information content (AvgIpc) is 3.27. The number of alkyl halides is 3. The van der Waals surface area contributed by atoms with E-state index in [1.165, 1.54) is 17.0 Å². The Hall–Kier alpha value is -3.44. The molecule has 0 bridgehead atoms. The molecule has 1 aromatic carbocycles. The Morgan fingerprint density at radius 1 is 1.15 bits per heavy atom. The number of hydrogen-bond acceptors (Lipinski definition) is 7. The first kappa shape index (κ1) is 27.1. The third-order valence-electron chi connectivity index (χ3n) is 7.91. The van der Waals surface area contributed by atoms with Crippen LogP contribution in [0.4, 0.5) is 13.2 Å². The Bertz CT molecular complexity index is 1190. The van der Waals surface area contributed by atoms with Crippen LogP contribution in [-0.4, -0.2) is 81.5 Å². The fraction of sp³-hybridized carbons (Fsp3) is 0.464. The van der Waals surface area contributed by atoms with Gasteiger partial charge in [-0.05, 0) is 24.5 Å². The molecule has 0 spiro atoms. The minimum Gasteiger partial charge on any atom is -0.388 e. The number of amides is 1. The van der Waals surface area contributed by atoms with E-state index >= 15 is 0 Å². The Balaban J connectivity index is 1.23. The number of benzene rings is 1. The number of nitrogens with two attached hydrogens (primary N) is 1. The number of likely N-dealkylation sites (tertiary alicyclic amines) is 1. The van der Waals surface area contributed by atoms with Crippen molar-refractivity contribution < 1.29 is 23.1 Å². The maximum absolute atomic E-state index is 13.8. The Morgan fingerprint density at radius 2 is 1.87 bits per heavy atom. The summed E-state index contributed by atoms with van der Waals surface area (Å²) in [5.41, 5.74) is 10.2. The van der Waals surface area contributed by atoms with Crippen LogP contribution in [0.25, 0.3) is 0 Å². The van der Waals surface area contributed by atoms with Gasteiger partial charge in [0.1, 0.15) is 5.66 Å². The second kappa shape index (κ2) is 10.3. The Kier molecular flexibility index (Phi) is 7.15. The smallest absolute Gasteiger partial charge is 0.388 e. The van der Waals surface area contributed by atoms with Crippen molar-refractivity contribution in [2.45, 2.75) is 49.0 Å². The molecule has 1 aliphatic carbocycles. The van der Waals surface area contributed by atoms with Gasteiger partial charge in [-0.2, -0.15) is 13.2 Å². The number of hydrogen-bond donors (Lipinski definition) is 3. The zero-order valence-electron chi connectivity index (χ0n) is 21.9. The number of carbonyl (C=O) groups excluding carboxylic acids is 1. The van der Waals surface area contributed by atoms with Crippen molar-refractivity contribution in [1.82, 2.24) is 25.1 Å². The number of halogens is 3.